The molecular formula is C15H11ClN2O4P+. The largest absolute Gasteiger partial charge is 0.747 e. The lowest BCUT2D eigenvalue weighted by Gasteiger charge is -2.01. The van der Waals surface area contributed by atoms with Crippen LogP contribution in [0.4, 0.5) is 0 Å². The van der Waals surface area contributed by atoms with Gasteiger partial charge in [-0.15, -0.1) is 4.89 Å². The first-order valence-corrected chi connectivity index (χ1v) is 8.07. The molecule has 116 valence electrons. The molecule has 23 heavy (non-hydrogen) atoms. The Morgan fingerprint density at radius 1 is 1.09 bits per heavy atom. The molecule has 0 aliphatic carbocycles. The first-order chi connectivity index (χ1) is 11.1. The summed E-state index contributed by atoms with van der Waals surface area (Å²) < 4.78 is 17.1. The maximum Gasteiger partial charge on any atom is 0.747 e. The maximum atomic E-state index is 12.5. The van der Waals surface area contributed by atoms with Gasteiger partial charge in [-0.2, -0.15) is 0 Å². The van der Waals surface area contributed by atoms with Gasteiger partial charge in [0.25, 0.3) is 5.75 Å². The number of halogens is 1. The van der Waals surface area contributed by atoms with Crippen LogP contribution in [0.1, 0.15) is 0 Å². The van der Waals surface area contributed by atoms with E-state index in [-0.39, 0.29) is 5.75 Å². The molecule has 1 heterocycles. The van der Waals surface area contributed by atoms with Crippen molar-refractivity contribution in [2.24, 2.45) is 0 Å². The van der Waals surface area contributed by atoms with Gasteiger partial charge in [-0.1, -0.05) is 41.9 Å². The van der Waals surface area contributed by atoms with Crippen LogP contribution in [0.25, 0.3) is 16.9 Å². The number of nitrogens with one attached hydrogen (secondary N) is 1. The van der Waals surface area contributed by atoms with E-state index >= 15 is 0 Å². The number of nitrogens with zero attached hydrogens (tertiary/aromatic N) is 1. The second-order valence-electron chi connectivity index (χ2n) is 4.63. The summed E-state index contributed by atoms with van der Waals surface area (Å²) in [5, 5.41) is 3.44. The van der Waals surface area contributed by atoms with Gasteiger partial charge in [0, 0.05) is 15.2 Å². The van der Waals surface area contributed by atoms with Crippen molar-refractivity contribution in [3.05, 3.63) is 70.0 Å². The van der Waals surface area contributed by atoms with Crippen molar-refractivity contribution in [1.82, 2.24) is 9.78 Å². The Morgan fingerprint density at radius 2 is 1.74 bits per heavy atom. The third-order valence-corrected chi connectivity index (χ3v) is 3.76. The number of rotatable bonds is 4. The molecule has 6 nitrogen and oxygen atoms in total. The zero-order valence-corrected chi connectivity index (χ0v) is 13.3. The summed E-state index contributed by atoms with van der Waals surface area (Å²) in [6.07, 6.45) is 0. The van der Waals surface area contributed by atoms with Gasteiger partial charge in [-0.25, -0.2) is 9.21 Å². The average Bonchev–Trinajstić information content (AvgIpc) is 2.86. The summed E-state index contributed by atoms with van der Waals surface area (Å²) >= 11 is 5.85. The Labute approximate surface area is 136 Å². The molecule has 2 aromatic carbocycles. The van der Waals surface area contributed by atoms with Crippen LogP contribution in [-0.2, 0) is 4.57 Å². The van der Waals surface area contributed by atoms with Crippen LogP contribution in [0.3, 0.4) is 0 Å². The zero-order valence-electron chi connectivity index (χ0n) is 11.6. The van der Waals surface area contributed by atoms with E-state index in [9.17, 15) is 9.36 Å². The third-order valence-electron chi connectivity index (χ3n) is 3.16. The quantitative estimate of drug-likeness (QED) is 0.706. The first kappa shape index (κ1) is 15.5. The van der Waals surface area contributed by atoms with E-state index in [1.54, 1.807) is 48.5 Å². The lowest BCUT2D eigenvalue weighted by atomic mass is 10.1. The Balaban J connectivity index is 2.19. The van der Waals surface area contributed by atoms with Crippen molar-refractivity contribution in [2.45, 2.75) is 0 Å². The number of H-pyrrole nitrogens is 1. The predicted octanol–water partition coefficient (Wildman–Crippen LogP) is 3.51. The van der Waals surface area contributed by atoms with E-state index in [1.807, 2.05) is 6.07 Å². The van der Waals surface area contributed by atoms with E-state index in [0.29, 0.717) is 22.0 Å². The van der Waals surface area contributed by atoms with Gasteiger partial charge in [0.1, 0.15) is 5.69 Å². The highest BCUT2D eigenvalue weighted by Crippen LogP contribution is 2.31. The third kappa shape index (κ3) is 3.19. The lowest BCUT2D eigenvalue weighted by molar-refractivity contribution is 0.409. The smallest absolute Gasteiger partial charge is 0.286 e. The molecule has 0 saturated carbocycles. The van der Waals surface area contributed by atoms with Gasteiger partial charge in [0.2, 0.25) is 0 Å². The fourth-order valence-corrected chi connectivity index (χ4v) is 2.61. The fraction of sp³-hybridized carbons (Fsp3) is 0. The molecular weight excluding hydrogens is 339 g/mol. The summed E-state index contributed by atoms with van der Waals surface area (Å²) in [6, 6.07) is 15.5. The van der Waals surface area contributed by atoms with Crippen molar-refractivity contribution in [3.8, 4) is 22.7 Å². The van der Waals surface area contributed by atoms with E-state index in [1.165, 1.54) is 4.68 Å². The Kier molecular flexibility index (Phi) is 4.30. The molecule has 1 atom stereocenters. The molecule has 3 aromatic rings. The van der Waals surface area contributed by atoms with Crippen molar-refractivity contribution >= 4 is 19.9 Å². The van der Waals surface area contributed by atoms with Gasteiger partial charge in [-0.05, 0) is 24.3 Å². The van der Waals surface area contributed by atoms with Crippen LogP contribution >= 0.6 is 19.9 Å². The van der Waals surface area contributed by atoms with Crippen molar-refractivity contribution in [3.63, 3.8) is 0 Å². The molecule has 3 rings (SSSR count). The number of aromatic nitrogens is 2. The Morgan fingerprint density at radius 3 is 2.35 bits per heavy atom. The van der Waals surface area contributed by atoms with Gasteiger partial charge in [-0.3, -0.25) is 9.89 Å². The fourth-order valence-electron chi connectivity index (χ4n) is 2.16. The van der Waals surface area contributed by atoms with Crippen molar-refractivity contribution in [1.29, 1.82) is 0 Å². The minimum atomic E-state index is -2.96. The summed E-state index contributed by atoms with van der Waals surface area (Å²) in [7, 11) is -2.96. The molecule has 0 amide bonds. The van der Waals surface area contributed by atoms with Crippen LogP contribution in [0.15, 0.2) is 59.4 Å². The SMILES string of the molecule is O=c1c(O[P+](=O)O)c(-c2ccccc2)[nH]n1-c1ccc(Cl)cc1. The molecule has 0 fully saturated rings. The van der Waals surface area contributed by atoms with E-state index in [2.05, 4.69) is 5.10 Å². The molecule has 2 N–H and O–H groups in total. The van der Waals surface area contributed by atoms with Crippen LogP contribution in [-0.4, -0.2) is 14.7 Å². The highest BCUT2D eigenvalue weighted by molar-refractivity contribution is 7.32. The van der Waals surface area contributed by atoms with Gasteiger partial charge >= 0.3 is 13.8 Å². The zero-order chi connectivity index (χ0) is 16.4. The Bertz CT molecular complexity index is 903. The number of benzene rings is 2. The standard InChI is InChI=1S/C15H10ClN2O4P/c16-11-6-8-12(9-7-11)18-15(19)14(22-23(20)21)13(17-18)10-4-2-1-3-5-10/h1-9H,(H-,17,19,20,21)/p+1. The Hall–Kier alpha value is -2.40. The van der Waals surface area contributed by atoms with E-state index in [0.717, 1.165) is 0 Å². The van der Waals surface area contributed by atoms with Crippen LogP contribution in [0, 0.1) is 0 Å². The van der Waals surface area contributed by atoms with Gasteiger partial charge in [0.15, 0.2) is 0 Å². The van der Waals surface area contributed by atoms with Gasteiger partial charge in [0.05, 0.1) is 5.69 Å². The minimum absolute atomic E-state index is 0.213. The molecule has 1 unspecified atom stereocenters. The van der Waals surface area contributed by atoms with E-state index in [4.69, 9.17) is 21.0 Å². The molecule has 0 radical (unpaired) electrons. The maximum absolute atomic E-state index is 12.5. The number of aromatic amines is 1. The normalized spacial score (nSPS) is 11.3. The highest BCUT2D eigenvalue weighted by atomic mass is 35.5. The monoisotopic (exact) mass is 349 g/mol. The topological polar surface area (TPSA) is 84.3 Å². The first-order valence-electron chi connectivity index (χ1n) is 6.57. The molecule has 1 aromatic heterocycles. The summed E-state index contributed by atoms with van der Waals surface area (Å²) in [4.78, 5) is 21.5. The average molecular weight is 350 g/mol. The molecule has 0 aliphatic heterocycles. The second-order valence-corrected chi connectivity index (χ2v) is 5.72. The van der Waals surface area contributed by atoms with Crippen molar-refractivity contribution < 1.29 is 14.0 Å². The lowest BCUT2D eigenvalue weighted by Crippen LogP contribution is -2.15. The van der Waals surface area contributed by atoms with Crippen LogP contribution in [0.5, 0.6) is 5.75 Å². The predicted molar refractivity (Wildman–Crippen MR) is 87.3 cm³/mol. The molecule has 8 heteroatoms. The van der Waals surface area contributed by atoms with Crippen LogP contribution in [0.2, 0.25) is 5.02 Å². The summed E-state index contributed by atoms with van der Waals surface area (Å²) in [5.41, 5.74) is 0.940. The summed E-state index contributed by atoms with van der Waals surface area (Å²) in [6.45, 7) is 0. The second kappa shape index (κ2) is 6.38. The molecule has 0 spiro atoms. The molecule has 0 bridgehead atoms. The minimum Gasteiger partial charge on any atom is -0.286 e. The summed E-state index contributed by atoms with van der Waals surface area (Å²) in [5.74, 6) is -0.213. The molecule has 0 saturated heterocycles. The van der Waals surface area contributed by atoms with Gasteiger partial charge < -0.3 is 0 Å². The number of hydrogen-bond acceptors (Lipinski definition) is 3. The van der Waals surface area contributed by atoms with Crippen molar-refractivity contribution in [2.75, 3.05) is 0 Å². The van der Waals surface area contributed by atoms with Crippen LogP contribution < -0.4 is 10.1 Å². The van der Waals surface area contributed by atoms with E-state index < -0.39 is 13.8 Å². The number of hydrogen-bond donors (Lipinski definition) is 2. The molecule has 0 aliphatic rings. The highest BCUT2D eigenvalue weighted by Gasteiger charge is 2.26.